The second-order valence-corrected chi connectivity index (χ2v) is 6.51. The van der Waals surface area contributed by atoms with Crippen molar-refractivity contribution in [2.24, 2.45) is 4.99 Å². The van der Waals surface area contributed by atoms with Gasteiger partial charge in [0.1, 0.15) is 17.3 Å². The van der Waals surface area contributed by atoms with E-state index >= 15 is 0 Å². The zero-order valence-corrected chi connectivity index (χ0v) is 18.2. The highest BCUT2D eigenvalue weighted by Gasteiger charge is 2.20. The van der Waals surface area contributed by atoms with Crippen molar-refractivity contribution in [2.75, 3.05) is 40.4 Å². The summed E-state index contributed by atoms with van der Waals surface area (Å²) in [6.45, 7) is 10.2. The lowest BCUT2D eigenvalue weighted by Gasteiger charge is -2.28. The number of guanidine groups is 1. The topological polar surface area (TPSA) is 71.3 Å². The summed E-state index contributed by atoms with van der Waals surface area (Å²) in [5, 5.41) is 6.77. The Labute approximate surface area is 174 Å². The van der Waals surface area contributed by atoms with Crippen molar-refractivity contribution in [1.82, 2.24) is 15.5 Å². The summed E-state index contributed by atoms with van der Waals surface area (Å²) in [5.41, 5.74) is 0.997. The summed E-state index contributed by atoms with van der Waals surface area (Å²) < 4.78 is 16.4. The van der Waals surface area contributed by atoms with Gasteiger partial charge < -0.3 is 24.5 Å². The molecule has 1 aromatic carbocycles. The molecule has 2 aromatic rings. The van der Waals surface area contributed by atoms with Crippen molar-refractivity contribution in [2.45, 2.75) is 33.4 Å². The Hall–Kier alpha value is -2.67. The predicted octanol–water partition coefficient (Wildman–Crippen LogP) is 3.44. The van der Waals surface area contributed by atoms with Crippen LogP contribution in [0.5, 0.6) is 11.5 Å². The molecule has 7 nitrogen and oxygen atoms in total. The molecule has 2 N–H and O–H groups in total. The highest BCUT2D eigenvalue weighted by molar-refractivity contribution is 5.79. The lowest BCUT2D eigenvalue weighted by Crippen LogP contribution is -2.43. The number of ether oxygens (including phenoxy) is 2. The molecule has 1 unspecified atom stereocenters. The number of furan rings is 1. The van der Waals surface area contributed by atoms with Crippen LogP contribution < -0.4 is 20.1 Å². The van der Waals surface area contributed by atoms with E-state index in [-0.39, 0.29) is 6.04 Å². The molecule has 1 heterocycles. The van der Waals surface area contributed by atoms with Crippen LogP contribution in [0, 0.1) is 0 Å². The van der Waals surface area contributed by atoms with Crippen LogP contribution in [0.3, 0.4) is 0 Å². The zero-order chi connectivity index (χ0) is 21.1. The maximum atomic E-state index is 5.68. The first-order valence-corrected chi connectivity index (χ1v) is 10.2. The van der Waals surface area contributed by atoms with E-state index in [1.165, 1.54) is 0 Å². The fraction of sp³-hybridized carbons (Fsp3) is 0.500. The van der Waals surface area contributed by atoms with E-state index in [0.717, 1.165) is 48.4 Å². The Morgan fingerprint density at radius 1 is 1.10 bits per heavy atom. The van der Waals surface area contributed by atoms with E-state index in [9.17, 15) is 0 Å². The number of rotatable bonds is 11. The lowest BCUT2D eigenvalue weighted by molar-refractivity contribution is 0.193. The molecule has 0 bridgehead atoms. The SMILES string of the molecule is CCNC(=NCc1ccc(OC)cc1OC)NCC(c1ccco1)N(CC)CC. The van der Waals surface area contributed by atoms with Crippen molar-refractivity contribution in [3.8, 4) is 11.5 Å². The standard InChI is InChI=1S/C22H34N4O3/c1-6-23-22(24-15-17-11-12-18(27-4)14-21(17)28-5)25-16-19(26(7-2)8-3)20-10-9-13-29-20/h9-14,19H,6-8,15-16H2,1-5H3,(H2,23,24,25). The smallest absolute Gasteiger partial charge is 0.191 e. The monoisotopic (exact) mass is 402 g/mol. The summed E-state index contributed by atoms with van der Waals surface area (Å²) >= 11 is 0. The second-order valence-electron chi connectivity index (χ2n) is 6.51. The maximum Gasteiger partial charge on any atom is 0.191 e. The number of benzene rings is 1. The average molecular weight is 403 g/mol. The highest BCUT2D eigenvalue weighted by Crippen LogP contribution is 2.25. The van der Waals surface area contributed by atoms with Crippen molar-refractivity contribution in [3.63, 3.8) is 0 Å². The number of nitrogens with zero attached hydrogens (tertiary/aromatic N) is 2. The summed E-state index contributed by atoms with van der Waals surface area (Å²) in [6.07, 6.45) is 1.72. The van der Waals surface area contributed by atoms with Gasteiger partial charge in [-0.3, -0.25) is 4.90 Å². The summed E-state index contributed by atoms with van der Waals surface area (Å²) in [7, 11) is 3.30. The lowest BCUT2D eigenvalue weighted by atomic mass is 10.2. The number of nitrogens with one attached hydrogen (secondary N) is 2. The fourth-order valence-electron chi connectivity index (χ4n) is 3.24. The normalized spacial score (nSPS) is 12.7. The van der Waals surface area contributed by atoms with Crippen molar-refractivity contribution in [1.29, 1.82) is 0 Å². The van der Waals surface area contributed by atoms with Gasteiger partial charge in [0.15, 0.2) is 5.96 Å². The number of hydrogen-bond acceptors (Lipinski definition) is 5. The number of likely N-dealkylation sites (N-methyl/N-ethyl adjacent to an activating group) is 1. The third kappa shape index (κ3) is 6.42. The number of hydrogen-bond donors (Lipinski definition) is 2. The van der Waals surface area contributed by atoms with Crippen LogP contribution in [0.15, 0.2) is 46.0 Å². The van der Waals surface area contributed by atoms with Gasteiger partial charge in [-0.25, -0.2) is 4.99 Å². The molecule has 0 spiro atoms. The van der Waals surface area contributed by atoms with Crippen LogP contribution in [0.2, 0.25) is 0 Å². The minimum atomic E-state index is 0.138. The molecular weight excluding hydrogens is 368 g/mol. The Balaban J connectivity index is 2.12. The van der Waals surface area contributed by atoms with Gasteiger partial charge >= 0.3 is 0 Å². The van der Waals surface area contributed by atoms with Gasteiger partial charge in [0.2, 0.25) is 0 Å². The minimum absolute atomic E-state index is 0.138. The quantitative estimate of drug-likeness (QED) is 0.443. The van der Waals surface area contributed by atoms with Gasteiger partial charge in [-0.05, 0) is 44.3 Å². The Bertz CT molecular complexity index is 743. The molecule has 0 fully saturated rings. The molecule has 29 heavy (non-hydrogen) atoms. The van der Waals surface area contributed by atoms with E-state index in [4.69, 9.17) is 18.9 Å². The molecule has 0 aliphatic rings. The molecule has 0 amide bonds. The first-order chi connectivity index (χ1) is 14.2. The number of methoxy groups -OCH3 is 2. The van der Waals surface area contributed by atoms with Gasteiger partial charge in [0.05, 0.1) is 33.1 Å². The van der Waals surface area contributed by atoms with Gasteiger partial charge in [-0.2, -0.15) is 0 Å². The summed E-state index contributed by atoms with van der Waals surface area (Å²) in [4.78, 5) is 7.10. The van der Waals surface area contributed by atoms with Crippen LogP contribution in [-0.4, -0.2) is 51.3 Å². The molecule has 0 aliphatic heterocycles. The molecule has 1 atom stereocenters. The molecule has 160 valence electrons. The van der Waals surface area contributed by atoms with Crippen LogP contribution in [0.4, 0.5) is 0 Å². The molecule has 0 radical (unpaired) electrons. The van der Waals surface area contributed by atoms with Gasteiger partial charge in [0.25, 0.3) is 0 Å². The third-order valence-corrected chi connectivity index (χ3v) is 4.83. The molecule has 0 aliphatic carbocycles. The van der Waals surface area contributed by atoms with Crippen molar-refractivity contribution in [3.05, 3.63) is 47.9 Å². The summed E-state index contributed by atoms with van der Waals surface area (Å²) in [5.74, 6) is 3.24. The van der Waals surface area contributed by atoms with Gasteiger partial charge in [-0.1, -0.05) is 13.8 Å². The van der Waals surface area contributed by atoms with Crippen LogP contribution in [0.25, 0.3) is 0 Å². The highest BCUT2D eigenvalue weighted by atomic mass is 16.5. The average Bonchev–Trinajstić information content (AvgIpc) is 3.29. The molecule has 1 aromatic heterocycles. The third-order valence-electron chi connectivity index (χ3n) is 4.83. The largest absolute Gasteiger partial charge is 0.497 e. The predicted molar refractivity (Wildman–Crippen MR) is 117 cm³/mol. The molecule has 7 heteroatoms. The van der Waals surface area contributed by atoms with Gasteiger partial charge in [-0.15, -0.1) is 0 Å². The molecule has 0 saturated carbocycles. The maximum absolute atomic E-state index is 5.68. The van der Waals surface area contributed by atoms with Crippen molar-refractivity contribution < 1.29 is 13.9 Å². The van der Waals surface area contributed by atoms with Crippen molar-refractivity contribution >= 4 is 5.96 Å². The van der Waals surface area contributed by atoms with E-state index in [1.807, 2.05) is 30.3 Å². The Morgan fingerprint density at radius 3 is 2.48 bits per heavy atom. The van der Waals surface area contributed by atoms with Crippen LogP contribution in [-0.2, 0) is 6.54 Å². The fourth-order valence-corrected chi connectivity index (χ4v) is 3.24. The summed E-state index contributed by atoms with van der Waals surface area (Å²) in [6, 6.07) is 9.86. The molecule has 2 rings (SSSR count). The van der Waals surface area contributed by atoms with E-state index in [2.05, 4.69) is 36.3 Å². The number of aliphatic imine (C=N–C) groups is 1. The van der Waals surface area contributed by atoms with E-state index in [1.54, 1.807) is 20.5 Å². The first kappa shape index (κ1) is 22.6. The van der Waals surface area contributed by atoms with Crippen LogP contribution in [0.1, 0.15) is 38.1 Å². The van der Waals surface area contributed by atoms with Crippen LogP contribution >= 0.6 is 0 Å². The first-order valence-electron chi connectivity index (χ1n) is 10.2. The van der Waals surface area contributed by atoms with E-state index in [0.29, 0.717) is 13.1 Å². The zero-order valence-electron chi connectivity index (χ0n) is 18.2. The molecule has 0 saturated heterocycles. The van der Waals surface area contributed by atoms with E-state index < -0.39 is 0 Å². The molecular formula is C22H34N4O3. The Morgan fingerprint density at radius 2 is 1.90 bits per heavy atom. The minimum Gasteiger partial charge on any atom is -0.497 e. The Kier molecular flexibility index (Phi) is 9.37. The van der Waals surface area contributed by atoms with Gasteiger partial charge in [0, 0.05) is 24.7 Å². The second kappa shape index (κ2) is 12.0.